The molecule has 3 nitrogen and oxygen atoms in total. The summed E-state index contributed by atoms with van der Waals surface area (Å²) in [6.45, 7) is 0.665. The fraction of sp³-hybridized carbons (Fsp3) is 0.300. The SMILES string of the molecule is CC(Nc1ccccc1Cl)(C(N)=O)C(F)(F)F. The molecule has 0 fully saturated rings. The Hall–Kier alpha value is -1.43. The molecule has 1 aromatic carbocycles. The van der Waals surface area contributed by atoms with Crippen molar-refractivity contribution in [2.75, 3.05) is 5.32 Å². The molecular weight excluding hydrogens is 257 g/mol. The van der Waals surface area contributed by atoms with E-state index in [1.165, 1.54) is 18.2 Å². The Morgan fingerprint density at radius 2 is 1.88 bits per heavy atom. The monoisotopic (exact) mass is 266 g/mol. The van der Waals surface area contributed by atoms with Crippen molar-refractivity contribution in [2.45, 2.75) is 18.6 Å². The van der Waals surface area contributed by atoms with Gasteiger partial charge in [0.1, 0.15) is 0 Å². The molecule has 3 N–H and O–H groups in total. The molecule has 1 amide bonds. The topological polar surface area (TPSA) is 55.1 Å². The summed E-state index contributed by atoms with van der Waals surface area (Å²) < 4.78 is 38.3. The number of carbonyl (C=O) groups excluding carboxylic acids is 1. The molecule has 0 saturated heterocycles. The van der Waals surface area contributed by atoms with Crippen LogP contribution in [0.1, 0.15) is 6.92 Å². The molecule has 1 unspecified atom stereocenters. The first-order valence-corrected chi connectivity index (χ1v) is 4.95. The number of carbonyl (C=O) groups is 1. The Morgan fingerprint density at radius 1 is 1.35 bits per heavy atom. The van der Waals surface area contributed by atoms with Crippen LogP contribution in [0.15, 0.2) is 24.3 Å². The van der Waals surface area contributed by atoms with Crippen LogP contribution in [0.3, 0.4) is 0 Å². The van der Waals surface area contributed by atoms with Crippen LogP contribution >= 0.6 is 11.6 Å². The Kier molecular flexibility index (Phi) is 3.56. The third kappa shape index (κ3) is 2.63. The second-order valence-electron chi connectivity index (χ2n) is 3.59. The van der Waals surface area contributed by atoms with Gasteiger partial charge < -0.3 is 11.1 Å². The van der Waals surface area contributed by atoms with E-state index in [-0.39, 0.29) is 10.7 Å². The first-order chi connectivity index (χ1) is 7.68. The number of halogens is 4. The van der Waals surface area contributed by atoms with Gasteiger partial charge in [-0.1, -0.05) is 23.7 Å². The zero-order valence-corrected chi connectivity index (χ0v) is 9.56. The lowest BCUT2D eigenvalue weighted by Crippen LogP contribution is -2.58. The predicted octanol–water partition coefficient (Wildman–Crippen LogP) is 2.56. The van der Waals surface area contributed by atoms with Crippen LogP contribution in [0.25, 0.3) is 0 Å². The number of nitrogens with two attached hydrogens (primary N) is 1. The highest BCUT2D eigenvalue weighted by molar-refractivity contribution is 6.33. The highest BCUT2D eigenvalue weighted by atomic mass is 35.5. The molecule has 7 heteroatoms. The van der Waals surface area contributed by atoms with Crippen molar-refractivity contribution >= 4 is 23.2 Å². The summed E-state index contributed by atoms with van der Waals surface area (Å²) in [5.41, 5.74) is 1.92. The van der Waals surface area contributed by atoms with Gasteiger partial charge in [-0.2, -0.15) is 13.2 Å². The zero-order chi connectivity index (χ0) is 13.3. The zero-order valence-electron chi connectivity index (χ0n) is 8.81. The third-order valence-corrected chi connectivity index (χ3v) is 2.65. The maximum atomic E-state index is 12.8. The van der Waals surface area contributed by atoms with Gasteiger partial charge in [0.25, 0.3) is 5.91 Å². The highest BCUT2D eigenvalue weighted by Gasteiger charge is 2.56. The average molecular weight is 267 g/mol. The third-order valence-electron chi connectivity index (χ3n) is 2.32. The number of anilines is 1. The molecule has 1 atom stereocenters. The lowest BCUT2D eigenvalue weighted by Gasteiger charge is -2.31. The average Bonchev–Trinajstić information content (AvgIpc) is 2.19. The van der Waals surface area contributed by atoms with Crippen molar-refractivity contribution in [1.82, 2.24) is 0 Å². The minimum atomic E-state index is -4.82. The maximum Gasteiger partial charge on any atom is 0.420 e. The van der Waals surface area contributed by atoms with Gasteiger partial charge in [0.05, 0.1) is 10.7 Å². The first-order valence-electron chi connectivity index (χ1n) is 4.58. The van der Waals surface area contributed by atoms with Crippen molar-refractivity contribution in [2.24, 2.45) is 5.73 Å². The standard InChI is InChI=1S/C10H10ClF3N2O/c1-9(8(15)17,10(12,13)14)16-7-5-3-2-4-6(7)11/h2-5,16H,1H3,(H2,15,17). The van der Waals surface area contributed by atoms with Crippen molar-refractivity contribution in [3.05, 3.63) is 29.3 Å². The maximum absolute atomic E-state index is 12.8. The summed E-state index contributed by atoms with van der Waals surface area (Å²) in [7, 11) is 0. The van der Waals surface area contributed by atoms with E-state index >= 15 is 0 Å². The van der Waals surface area contributed by atoms with Crippen LogP contribution in [-0.2, 0) is 4.79 Å². The number of rotatable bonds is 3. The summed E-state index contributed by atoms with van der Waals surface area (Å²) >= 11 is 5.70. The molecule has 0 heterocycles. The highest BCUT2D eigenvalue weighted by Crippen LogP contribution is 2.35. The fourth-order valence-electron chi connectivity index (χ4n) is 1.10. The number of alkyl halides is 3. The molecule has 0 aromatic heterocycles. The molecule has 17 heavy (non-hydrogen) atoms. The van der Waals surface area contributed by atoms with Gasteiger partial charge in [-0.15, -0.1) is 0 Å². The van der Waals surface area contributed by atoms with E-state index in [9.17, 15) is 18.0 Å². The van der Waals surface area contributed by atoms with Gasteiger partial charge in [-0.05, 0) is 19.1 Å². The van der Waals surface area contributed by atoms with E-state index in [0.29, 0.717) is 6.92 Å². The van der Waals surface area contributed by atoms with Crippen LogP contribution in [-0.4, -0.2) is 17.6 Å². The van der Waals surface area contributed by atoms with Gasteiger partial charge in [-0.3, -0.25) is 4.79 Å². The van der Waals surface area contributed by atoms with E-state index in [4.69, 9.17) is 17.3 Å². The number of primary amides is 1. The summed E-state index contributed by atoms with van der Waals surface area (Å²) in [6.07, 6.45) is -4.82. The summed E-state index contributed by atoms with van der Waals surface area (Å²) in [5, 5.41) is 2.10. The number of benzene rings is 1. The molecule has 0 aliphatic heterocycles. The number of para-hydroxylation sites is 1. The van der Waals surface area contributed by atoms with Crippen LogP contribution in [0.2, 0.25) is 5.02 Å². The van der Waals surface area contributed by atoms with Gasteiger partial charge in [0.15, 0.2) is 0 Å². The van der Waals surface area contributed by atoms with E-state index in [2.05, 4.69) is 0 Å². The predicted molar refractivity (Wildman–Crippen MR) is 58.7 cm³/mol. The Balaban J connectivity index is 3.13. The molecule has 0 aliphatic rings. The molecule has 94 valence electrons. The summed E-state index contributed by atoms with van der Waals surface area (Å²) in [4.78, 5) is 11.0. The van der Waals surface area contributed by atoms with Gasteiger partial charge >= 0.3 is 6.18 Å². The Bertz CT molecular complexity index is 436. The molecular formula is C10H10ClF3N2O. The van der Waals surface area contributed by atoms with E-state index < -0.39 is 17.6 Å². The van der Waals surface area contributed by atoms with Gasteiger partial charge in [-0.25, -0.2) is 0 Å². The van der Waals surface area contributed by atoms with Gasteiger partial charge in [0, 0.05) is 0 Å². The largest absolute Gasteiger partial charge is 0.420 e. The molecule has 1 rings (SSSR count). The smallest absolute Gasteiger partial charge is 0.367 e. The van der Waals surface area contributed by atoms with Crippen LogP contribution < -0.4 is 11.1 Å². The molecule has 0 saturated carbocycles. The lowest BCUT2D eigenvalue weighted by atomic mass is 10.0. The van der Waals surface area contributed by atoms with Crippen molar-refractivity contribution in [3.8, 4) is 0 Å². The molecule has 0 spiro atoms. The van der Waals surface area contributed by atoms with Crippen molar-refractivity contribution < 1.29 is 18.0 Å². The number of hydrogen-bond donors (Lipinski definition) is 2. The van der Waals surface area contributed by atoms with Crippen molar-refractivity contribution in [3.63, 3.8) is 0 Å². The number of amides is 1. The van der Waals surface area contributed by atoms with E-state index in [0.717, 1.165) is 0 Å². The minimum absolute atomic E-state index is 0.00667. The summed E-state index contributed by atoms with van der Waals surface area (Å²) in [5.74, 6) is -1.52. The quantitative estimate of drug-likeness (QED) is 0.883. The van der Waals surface area contributed by atoms with Crippen molar-refractivity contribution in [1.29, 1.82) is 0 Å². The Labute approximate surface area is 101 Å². The first kappa shape index (κ1) is 13.6. The molecule has 0 radical (unpaired) electrons. The van der Waals surface area contributed by atoms with E-state index in [1.807, 2.05) is 5.32 Å². The lowest BCUT2D eigenvalue weighted by molar-refractivity contribution is -0.180. The van der Waals surface area contributed by atoms with Crippen LogP contribution in [0, 0.1) is 0 Å². The molecule has 0 aliphatic carbocycles. The number of nitrogens with one attached hydrogen (secondary N) is 1. The molecule has 1 aromatic rings. The second kappa shape index (κ2) is 4.44. The summed E-state index contributed by atoms with van der Waals surface area (Å²) in [6, 6.07) is 5.78. The number of hydrogen-bond acceptors (Lipinski definition) is 2. The Morgan fingerprint density at radius 3 is 2.29 bits per heavy atom. The van der Waals surface area contributed by atoms with Gasteiger partial charge in [0.2, 0.25) is 5.54 Å². The van der Waals surface area contributed by atoms with Crippen LogP contribution in [0.4, 0.5) is 18.9 Å². The fourth-order valence-corrected chi connectivity index (χ4v) is 1.29. The minimum Gasteiger partial charge on any atom is -0.367 e. The normalized spacial score (nSPS) is 15.1. The van der Waals surface area contributed by atoms with E-state index in [1.54, 1.807) is 6.07 Å². The molecule has 0 bridgehead atoms. The second-order valence-corrected chi connectivity index (χ2v) is 4.00. The van der Waals surface area contributed by atoms with Crippen LogP contribution in [0.5, 0.6) is 0 Å².